The molecule has 2 amide bonds. The molecule has 1 atom stereocenters. The highest BCUT2D eigenvalue weighted by Gasteiger charge is 2.22. The zero-order valence-corrected chi connectivity index (χ0v) is 14.1. The van der Waals surface area contributed by atoms with Crippen LogP contribution in [-0.4, -0.2) is 33.8 Å². The van der Waals surface area contributed by atoms with E-state index < -0.39 is 0 Å². The van der Waals surface area contributed by atoms with Gasteiger partial charge in [-0.15, -0.1) is 0 Å². The minimum atomic E-state index is -0.262. The summed E-state index contributed by atoms with van der Waals surface area (Å²) in [6, 6.07) is 7.54. The molecule has 1 aromatic heterocycles. The lowest BCUT2D eigenvalue weighted by atomic mass is 10.2. The quantitative estimate of drug-likeness (QED) is 0.634. The van der Waals surface area contributed by atoms with Gasteiger partial charge >= 0.3 is 0 Å². The van der Waals surface area contributed by atoms with Crippen molar-refractivity contribution in [2.45, 2.75) is 18.9 Å². The molecule has 1 unspecified atom stereocenters. The van der Waals surface area contributed by atoms with Crippen molar-refractivity contribution in [1.82, 2.24) is 26.1 Å². The summed E-state index contributed by atoms with van der Waals surface area (Å²) < 4.78 is 0. The van der Waals surface area contributed by atoms with Crippen LogP contribution in [0.3, 0.4) is 0 Å². The van der Waals surface area contributed by atoms with Crippen LogP contribution in [0.2, 0.25) is 0 Å². The summed E-state index contributed by atoms with van der Waals surface area (Å²) in [5.74, 6) is 1.20. The molecule has 1 aliphatic heterocycles. The number of carbonyl (C=O) groups is 2. The number of benzene rings is 1. The van der Waals surface area contributed by atoms with E-state index in [2.05, 4.69) is 26.1 Å². The maximum atomic E-state index is 12.4. The predicted octanol–water partition coefficient (Wildman–Crippen LogP) is 1.38. The number of rotatable bonds is 6. The maximum Gasteiger partial charge on any atom is 0.269 e. The Labute approximate surface area is 143 Å². The van der Waals surface area contributed by atoms with Crippen LogP contribution in [0, 0.1) is 0 Å². The Bertz CT molecular complexity index is 753. The van der Waals surface area contributed by atoms with Gasteiger partial charge in [-0.3, -0.25) is 20.4 Å². The molecular weight excluding hydrogens is 326 g/mol. The number of thioether (sulfide) groups is 1. The molecule has 0 bridgehead atoms. The summed E-state index contributed by atoms with van der Waals surface area (Å²) in [5.41, 5.74) is 7.23. The van der Waals surface area contributed by atoms with Gasteiger partial charge in [-0.2, -0.15) is 11.8 Å². The number of imidazole rings is 1. The summed E-state index contributed by atoms with van der Waals surface area (Å²) in [6.07, 6.45) is 4.55. The van der Waals surface area contributed by atoms with Crippen molar-refractivity contribution < 1.29 is 9.59 Å². The first-order valence-corrected chi connectivity index (χ1v) is 9.06. The van der Waals surface area contributed by atoms with Crippen molar-refractivity contribution in [2.24, 2.45) is 0 Å². The van der Waals surface area contributed by atoms with E-state index in [0.717, 1.165) is 29.0 Å². The number of nitrogens with one attached hydrogen (secondary N) is 4. The van der Waals surface area contributed by atoms with Gasteiger partial charge in [0.05, 0.1) is 17.1 Å². The van der Waals surface area contributed by atoms with E-state index in [9.17, 15) is 9.59 Å². The van der Waals surface area contributed by atoms with Crippen LogP contribution in [0.4, 0.5) is 0 Å². The minimum absolute atomic E-state index is 0.164. The predicted molar refractivity (Wildman–Crippen MR) is 94.0 cm³/mol. The highest BCUT2D eigenvalue weighted by molar-refractivity contribution is 7.98. The summed E-state index contributed by atoms with van der Waals surface area (Å²) in [4.78, 5) is 31.4. The molecule has 2 aromatic rings. The standard InChI is InChI=1S/C16H19N5O2S/c1-24-9-8-12(15-17-10-4-2-3-5-11(10)18-15)19-16(23)13-6-7-14(22)21-20-13/h2-6,12,20H,7-9H2,1H3,(H,17,18)(H,19,23)(H,21,22). The Morgan fingerprint density at radius 3 is 2.92 bits per heavy atom. The number of nitrogens with zero attached hydrogens (tertiary/aromatic N) is 1. The largest absolute Gasteiger partial charge is 0.341 e. The highest BCUT2D eigenvalue weighted by atomic mass is 32.2. The minimum Gasteiger partial charge on any atom is -0.341 e. The van der Waals surface area contributed by atoms with E-state index in [1.54, 1.807) is 17.8 Å². The van der Waals surface area contributed by atoms with Crippen molar-refractivity contribution in [2.75, 3.05) is 12.0 Å². The molecule has 8 heteroatoms. The molecule has 24 heavy (non-hydrogen) atoms. The average molecular weight is 345 g/mol. The van der Waals surface area contributed by atoms with Crippen LogP contribution in [-0.2, 0) is 9.59 Å². The first-order chi connectivity index (χ1) is 11.7. The molecular formula is C16H19N5O2S. The van der Waals surface area contributed by atoms with Gasteiger partial charge in [0, 0.05) is 6.42 Å². The van der Waals surface area contributed by atoms with Crippen LogP contribution in [0.1, 0.15) is 24.7 Å². The lowest BCUT2D eigenvalue weighted by Gasteiger charge is -2.20. The Morgan fingerprint density at radius 1 is 1.38 bits per heavy atom. The Morgan fingerprint density at radius 2 is 2.21 bits per heavy atom. The van der Waals surface area contributed by atoms with Gasteiger partial charge in [-0.05, 0) is 36.6 Å². The van der Waals surface area contributed by atoms with Crippen molar-refractivity contribution in [3.63, 3.8) is 0 Å². The fourth-order valence-electron chi connectivity index (χ4n) is 2.47. The first kappa shape index (κ1) is 16.4. The summed E-state index contributed by atoms with van der Waals surface area (Å²) >= 11 is 1.71. The third kappa shape index (κ3) is 3.70. The lowest BCUT2D eigenvalue weighted by molar-refractivity contribution is -0.122. The Hall–Kier alpha value is -2.48. The average Bonchev–Trinajstić information content (AvgIpc) is 3.03. The second-order valence-corrected chi connectivity index (χ2v) is 6.43. The molecule has 0 fully saturated rings. The number of aromatic amines is 1. The molecule has 0 radical (unpaired) electrons. The topological polar surface area (TPSA) is 98.9 Å². The van der Waals surface area contributed by atoms with Crippen LogP contribution in [0.5, 0.6) is 0 Å². The Kier molecular flexibility index (Phi) is 5.05. The first-order valence-electron chi connectivity index (χ1n) is 7.67. The zero-order chi connectivity index (χ0) is 16.9. The number of hydrogen-bond acceptors (Lipinski definition) is 5. The van der Waals surface area contributed by atoms with Gasteiger partial charge < -0.3 is 10.3 Å². The lowest BCUT2D eigenvalue weighted by Crippen LogP contribution is -2.45. The third-order valence-electron chi connectivity index (χ3n) is 3.73. The second-order valence-electron chi connectivity index (χ2n) is 5.44. The van der Waals surface area contributed by atoms with E-state index in [4.69, 9.17) is 0 Å². The van der Waals surface area contributed by atoms with Crippen molar-refractivity contribution in [1.29, 1.82) is 0 Å². The number of amides is 2. The van der Waals surface area contributed by atoms with E-state index in [-0.39, 0.29) is 24.3 Å². The smallest absolute Gasteiger partial charge is 0.269 e. The SMILES string of the molecule is CSCCC(NC(=O)C1=CCC(=O)NN1)c1nc2ccccc2[nH]1. The molecule has 0 aliphatic carbocycles. The zero-order valence-electron chi connectivity index (χ0n) is 13.3. The fraction of sp³-hybridized carbons (Fsp3) is 0.312. The number of aromatic nitrogens is 2. The number of hydrazine groups is 1. The molecule has 0 spiro atoms. The summed E-state index contributed by atoms with van der Waals surface area (Å²) in [5, 5.41) is 2.99. The number of fused-ring (bicyclic) bond motifs is 1. The summed E-state index contributed by atoms with van der Waals surface area (Å²) in [7, 11) is 0. The van der Waals surface area contributed by atoms with Gasteiger partial charge in [0.2, 0.25) is 5.91 Å². The van der Waals surface area contributed by atoms with Gasteiger partial charge in [0.25, 0.3) is 5.91 Å². The number of H-pyrrole nitrogens is 1. The normalized spacial score (nSPS) is 15.4. The van der Waals surface area contributed by atoms with Crippen LogP contribution in [0.15, 0.2) is 36.0 Å². The molecule has 3 rings (SSSR count). The molecule has 0 saturated carbocycles. The second kappa shape index (κ2) is 7.39. The monoisotopic (exact) mass is 345 g/mol. The molecule has 126 valence electrons. The van der Waals surface area contributed by atoms with Crippen molar-refractivity contribution >= 4 is 34.6 Å². The number of hydrogen-bond donors (Lipinski definition) is 4. The third-order valence-corrected chi connectivity index (χ3v) is 4.37. The summed E-state index contributed by atoms with van der Waals surface area (Å²) in [6.45, 7) is 0. The van der Waals surface area contributed by atoms with E-state index in [1.165, 1.54) is 0 Å². The van der Waals surface area contributed by atoms with Gasteiger partial charge in [0.15, 0.2) is 0 Å². The molecule has 1 aromatic carbocycles. The van der Waals surface area contributed by atoms with E-state index in [0.29, 0.717) is 5.70 Å². The van der Waals surface area contributed by atoms with E-state index in [1.807, 2.05) is 30.5 Å². The molecule has 0 saturated heterocycles. The molecule has 2 heterocycles. The molecule has 1 aliphatic rings. The van der Waals surface area contributed by atoms with Gasteiger partial charge in [-0.1, -0.05) is 12.1 Å². The fourth-order valence-corrected chi connectivity index (χ4v) is 2.94. The van der Waals surface area contributed by atoms with E-state index >= 15 is 0 Å². The molecule has 4 N–H and O–H groups in total. The highest BCUT2D eigenvalue weighted by Crippen LogP contribution is 2.20. The van der Waals surface area contributed by atoms with Gasteiger partial charge in [0.1, 0.15) is 11.5 Å². The van der Waals surface area contributed by atoms with Crippen LogP contribution < -0.4 is 16.2 Å². The Balaban J connectivity index is 1.78. The van der Waals surface area contributed by atoms with Crippen molar-refractivity contribution in [3.8, 4) is 0 Å². The number of para-hydroxylation sites is 2. The van der Waals surface area contributed by atoms with Gasteiger partial charge in [-0.25, -0.2) is 4.98 Å². The maximum absolute atomic E-state index is 12.4. The molecule has 7 nitrogen and oxygen atoms in total. The van der Waals surface area contributed by atoms with Crippen LogP contribution in [0.25, 0.3) is 11.0 Å². The number of carbonyl (C=O) groups excluding carboxylic acids is 2. The van der Waals surface area contributed by atoms with Crippen LogP contribution >= 0.6 is 11.8 Å². The van der Waals surface area contributed by atoms with Crippen molar-refractivity contribution in [3.05, 3.63) is 41.9 Å².